The quantitative estimate of drug-likeness (QED) is 0.739. The van der Waals surface area contributed by atoms with E-state index in [1.165, 1.54) is 6.39 Å². The first-order chi connectivity index (χ1) is 6.90. The predicted molar refractivity (Wildman–Crippen MR) is 49.4 cm³/mol. The Hall–Kier alpha value is -2.17. The number of amides is 1. The fourth-order valence-electron chi connectivity index (χ4n) is 1.08. The second-order valence-electron chi connectivity index (χ2n) is 2.59. The molecule has 5 nitrogen and oxygen atoms in total. The van der Waals surface area contributed by atoms with Crippen LogP contribution in [-0.4, -0.2) is 16.6 Å². The van der Waals surface area contributed by atoms with E-state index in [-0.39, 0.29) is 0 Å². The van der Waals surface area contributed by atoms with Gasteiger partial charge in [-0.1, -0.05) is 5.16 Å². The van der Waals surface area contributed by atoms with Crippen molar-refractivity contribution in [1.29, 1.82) is 0 Å². The number of nitrogens with zero attached hydrogens (tertiary/aromatic N) is 2. The van der Waals surface area contributed by atoms with Gasteiger partial charge in [-0.25, -0.2) is 0 Å². The van der Waals surface area contributed by atoms with E-state index in [1.54, 1.807) is 24.3 Å². The molecule has 0 saturated carbocycles. The van der Waals surface area contributed by atoms with Crippen molar-refractivity contribution in [1.82, 2.24) is 10.1 Å². The fraction of sp³-hybridized carbons (Fsp3) is 0. The number of carbonyl (C=O) groups is 1. The molecule has 0 atom stereocenters. The molecule has 1 N–H and O–H groups in total. The molecule has 0 unspecified atom stereocenters. The standard InChI is InChI=1S/C9H7N3O2/c13-5-10-8-3-1-7(2-4-8)9-11-6-14-12-9/h1-6H,(H,10,13). The minimum atomic E-state index is 0.530. The Morgan fingerprint density at radius 1 is 1.29 bits per heavy atom. The first kappa shape index (κ1) is 8.43. The predicted octanol–water partition coefficient (Wildman–Crippen LogP) is 1.30. The molecule has 0 saturated heterocycles. The minimum Gasteiger partial charge on any atom is -0.342 e. The van der Waals surface area contributed by atoms with Gasteiger partial charge >= 0.3 is 0 Å². The Morgan fingerprint density at radius 3 is 2.64 bits per heavy atom. The molecule has 0 aliphatic carbocycles. The fourth-order valence-corrected chi connectivity index (χ4v) is 1.08. The van der Waals surface area contributed by atoms with Crippen molar-refractivity contribution in [3.05, 3.63) is 30.7 Å². The van der Waals surface area contributed by atoms with E-state index in [2.05, 4.69) is 20.0 Å². The number of nitrogens with one attached hydrogen (secondary N) is 1. The van der Waals surface area contributed by atoms with Crippen LogP contribution in [0.15, 0.2) is 35.2 Å². The highest BCUT2D eigenvalue weighted by atomic mass is 16.5. The summed E-state index contributed by atoms with van der Waals surface area (Å²) in [4.78, 5) is 14.0. The van der Waals surface area contributed by atoms with Crippen molar-refractivity contribution in [2.24, 2.45) is 0 Å². The van der Waals surface area contributed by atoms with E-state index in [0.717, 1.165) is 11.3 Å². The number of carbonyl (C=O) groups excluding carboxylic acids is 1. The molecule has 1 heterocycles. The third kappa shape index (κ3) is 1.61. The smallest absolute Gasteiger partial charge is 0.214 e. The van der Waals surface area contributed by atoms with Gasteiger partial charge in [-0.15, -0.1) is 0 Å². The highest BCUT2D eigenvalue weighted by Gasteiger charge is 2.01. The summed E-state index contributed by atoms with van der Waals surface area (Å²) in [6.45, 7) is 0. The summed E-state index contributed by atoms with van der Waals surface area (Å²) in [6, 6.07) is 7.13. The number of benzene rings is 1. The van der Waals surface area contributed by atoms with Crippen molar-refractivity contribution in [3.63, 3.8) is 0 Å². The maximum absolute atomic E-state index is 10.1. The van der Waals surface area contributed by atoms with Crippen LogP contribution in [0.5, 0.6) is 0 Å². The molecule has 0 aliphatic rings. The molecule has 0 radical (unpaired) electrons. The lowest BCUT2D eigenvalue weighted by Gasteiger charge is -1.98. The topological polar surface area (TPSA) is 68.0 Å². The van der Waals surface area contributed by atoms with E-state index >= 15 is 0 Å². The molecule has 1 amide bonds. The third-order valence-corrected chi connectivity index (χ3v) is 1.73. The third-order valence-electron chi connectivity index (χ3n) is 1.73. The van der Waals surface area contributed by atoms with E-state index in [1.807, 2.05) is 0 Å². The van der Waals surface area contributed by atoms with Crippen molar-refractivity contribution in [2.45, 2.75) is 0 Å². The summed E-state index contributed by atoms with van der Waals surface area (Å²) in [5.41, 5.74) is 1.57. The molecule has 5 heteroatoms. The summed E-state index contributed by atoms with van der Waals surface area (Å²) in [5, 5.41) is 6.22. The highest BCUT2D eigenvalue weighted by Crippen LogP contribution is 2.16. The molecule has 14 heavy (non-hydrogen) atoms. The second kappa shape index (κ2) is 3.69. The molecule has 70 valence electrons. The molecule has 0 spiro atoms. The summed E-state index contributed by atoms with van der Waals surface area (Å²) < 4.78 is 4.61. The lowest BCUT2D eigenvalue weighted by molar-refractivity contribution is -0.105. The zero-order chi connectivity index (χ0) is 9.80. The van der Waals surface area contributed by atoms with Gasteiger partial charge in [-0.3, -0.25) is 4.79 Å². The second-order valence-corrected chi connectivity index (χ2v) is 2.59. The SMILES string of the molecule is O=CNc1ccc(-c2ncon2)cc1. The monoisotopic (exact) mass is 189 g/mol. The molecule has 2 aromatic rings. The lowest BCUT2D eigenvalue weighted by atomic mass is 10.2. The summed E-state index contributed by atoms with van der Waals surface area (Å²) in [5.74, 6) is 0.530. The normalized spacial score (nSPS) is 9.71. The maximum Gasteiger partial charge on any atom is 0.214 e. The number of hydrogen-bond donors (Lipinski definition) is 1. The first-order valence-electron chi connectivity index (χ1n) is 3.97. The van der Waals surface area contributed by atoms with Crippen molar-refractivity contribution in [2.75, 3.05) is 5.32 Å². The highest BCUT2D eigenvalue weighted by molar-refractivity contribution is 5.72. The zero-order valence-corrected chi connectivity index (χ0v) is 7.18. The molecular formula is C9H7N3O2. The van der Waals surface area contributed by atoms with E-state index in [4.69, 9.17) is 0 Å². The van der Waals surface area contributed by atoms with Crippen LogP contribution in [-0.2, 0) is 4.79 Å². The van der Waals surface area contributed by atoms with Crippen LogP contribution in [0.3, 0.4) is 0 Å². The Bertz CT molecular complexity index is 408. The van der Waals surface area contributed by atoms with Crippen LogP contribution in [0.25, 0.3) is 11.4 Å². The molecule has 2 rings (SSSR count). The first-order valence-corrected chi connectivity index (χ1v) is 3.97. The number of aromatic nitrogens is 2. The van der Waals surface area contributed by atoms with Crippen molar-refractivity contribution in [3.8, 4) is 11.4 Å². The summed E-state index contributed by atoms with van der Waals surface area (Å²) in [7, 11) is 0. The summed E-state index contributed by atoms with van der Waals surface area (Å²) in [6.07, 6.45) is 1.90. The maximum atomic E-state index is 10.1. The van der Waals surface area contributed by atoms with Crippen LogP contribution in [0.4, 0.5) is 5.69 Å². The average Bonchev–Trinajstić information content (AvgIpc) is 2.72. The Balaban J connectivity index is 2.26. The van der Waals surface area contributed by atoms with Crippen LogP contribution in [0, 0.1) is 0 Å². The zero-order valence-electron chi connectivity index (χ0n) is 7.18. The van der Waals surface area contributed by atoms with Crippen molar-refractivity contribution >= 4 is 12.1 Å². The van der Waals surface area contributed by atoms with Gasteiger partial charge in [0.1, 0.15) is 0 Å². The molecular weight excluding hydrogens is 182 g/mol. The van der Waals surface area contributed by atoms with Gasteiger partial charge in [-0.2, -0.15) is 4.98 Å². The average molecular weight is 189 g/mol. The van der Waals surface area contributed by atoms with E-state index in [9.17, 15) is 4.79 Å². The molecule has 0 aliphatic heterocycles. The van der Waals surface area contributed by atoms with Gasteiger partial charge in [0.15, 0.2) is 0 Å². The van der Waals surface area contributed by atoms with Crippen LogP contribution < -0.4 is 5.32 Å². The van der Waals surface area contributed by atoms with Gasteiger partial charge < -0.3 is 9.84 Å². The van der Waals surface area contributed by atoms with Crippen LogP contribution in [0.2, 0.25) is 0 Å². The Morgan fingerprint density at radius 2 is 2.07 bits per heavy atom. The lowest BCUT2D eigenvalue weighted by Crippen LogP contribution is -1.92. The number of hydrogen-bond acceptors (Lipinski definition) is 4. The van der Waals surface area contributed by atoms with Gasteiger partial charge in [0.05, 0.1) is 0 Å². The molecule has 1 aromatic carbocycles. The van der Waals surface area contributed by atoms with E-state index < -0.39 is 0 Å². The molecule has 0 fully saturated rings. The number of anilines is 1. The number of rotatable bonds is 3. The van der Waals surface area contributed by atoms with Gasteiger partial charge in [0.2, 0.25) is 18.6 Å². The van der Waals surface area contributed by atoms with Gasteiger partial charge in [0.25, 0.3) is 0 Å². The Kier molecular flexibility index (Phi) is 2.22. The van der Waals surface area contributed by atoms with Gasteiger partial charge in [-0.05, 0) is 24.3 Å². The molecule has 1 aromatic heterocycles. The molecule has 0 bridgehead atoms. The van der Waals surface area contributed by atoms with Crippen molar-refractivity contribution < 1.29 is 9.32 Å². The minimum absolute atomic E-state index is 0.530. The largest absolute Gasteiger partial charge is 0.342 e. The van der Waals surface area contributed by atoms with Crippen LogP contribution >= 0.6 is 0 Å². The van der Waals surface area contributed by atoms with Crippen LogP contribution in [0.1, 0.15) is 0 Å². The Labute approximate surface area is 79.7 Å². The van der Waals surface area contributed by atoms with E-state index in [0.29, 0.717) is 12.2 Å². The summed E-state index contributed by atoms with van der Waals surface area (Å²) >= 11 is 0. The van der Waals surface area contributed by atoms with Gasteiger partial charge in [0, 0.05) is 11.3 Å².